The van der Waals surface area contributed by atoms with Crippen molar-refractivity contribution < 1.29 is 23.1 Å². The second kappa shape index (κ2) is 7.53. The quantitative estimate of drug-likeness (QED) is 0.800. The zero-order valence-electron chi connectivity index (χ0n) is 13.4. The fraction of sp³-hybridized carbons (Fsp3) is 0.529. The van der Waals surface area contributed by atoms with Crippen LogP contribution in [0, 0.1) is 23.5 Å². The number of carbonyl (C=O) groups excluding carboxylic acids is 2. The van der Waals surface area contributed by atoms with E-state index in [0.717, 1.165) is 18.2 Å². The minimum Gasteiger partial charge on any atom is -0.465 e. The number of rotatable bonds is 4. The number of hydrogen-bond donors (Lipinski definition) is 0. The second-order valence-corrected chi connectivity index (χ2v) is 6.21. The Morgan fingerprint density at radius 3 is 2.52 bits per heavy atom. The lowest BCUT2D eigenvalue weighted by Crippen LogP contribution is -2.41. The van der Waals surface area contributed by atoms with Crippen molar-refractivity contribution in [1.29, 1.82) is 0 Å². The molecule has 0 atom stereocenters. The van der Waals surface area contributed by atoms with Gasteiger partial charge in [-0.15, -0.1) is 0 Å². The van der Waals surface area contributed by atoms with Crippen molar-refractivity contribution in [3.05, 3.63) is 35.4 Å². The molecule has 2 rings (SSSR count). The van der Waals surface area contributed by atoms with Gasteiger partial charge in [0.1, 0.15) is 11.6 Å². The highest BCUT2D eigenvalue weighted by Gasteiger charge is 2.29. The van der Waals surface area contributed by atoms with Gasteiger partial charge in [-0.1, -0.05) is 13.8 Å². The predicted octanol–water partition coefficient (Wildman–Crippen LogP) is 3.02. The first kappa shape index (κ1) is 17.4. The maximum atomic E-state index is 13.7. The molecule has 0 saturated carbocycles. The summed E-state index contributed by atoms with van der Waals surface area (Å²) in [6.45, 7) is 4.96. The average Bonchev–Trinajstić information content (AvgIpc) is 2.54. The fourth-order valence-electron chi connectivity index (χ4n) is 2.52. The van der Waals surface area contributed by atoms with Crippen LogP contribution in [0.4, 0.5) is 8.78 Å². The number of ether oxygens (including phenoxy) is 1. The lowest BCUT2D eigenvalue weighted by molar-refractivity contribution is -0.151. The summed E-state index contributed by atoms with van der Waals surface area (Å²) in [6, 6.07) is 2.82. The third-order valence-corrected chi connectivity index (χ3v) is 3.83. The van der Waals surface area contributed by atoms with Crippen molar-refractivity contribution >= 4 is 11.9 Å². The van der Waals surface area contributed by atoms with Gasteiger partial charge in [-0.3, -0.25) is 9.59 Å². The molecule has 1 aliphatic heterocycles. The highest BCUT2D eigenvalue weighted by Crippen LogP contribution is 2.22. The van der Waals surface area contributed by atoms with Crippen LogP contribution in [0.1, 0.15) is 37.0 Å². The molecule has 1 amide bonds. The third-order valence-electron chi connectivity index (χ3n) is 3.83. The number of hydrogen-bond acceptors (Lipinski definition) is 3. The van der Waals surface area contributed by atoms with Gasteiger partial charge in [0.2, 0.25) is 0 Å². The summed E-state index contributed by atoms with van der Waals surface area (Å²) in [5.41, 5.74) is -0.272. The fourth-order valence-corrected chi connectivity index (χ4v) is 2.52. The molecular formula is C17H21F2NO3. The van der Waals surface area contributed by atoms with E-state index in [1.54, 1.807) is 0 Å². The summed E-state index contributed by atoms with van der Waals surface area (Å²) in [5, 5.41) is 0. The van der Waals surface area contributed by atoms with Gasteiger partial charge in [0, 0.05) is 13.1 Å². The van der Waals surface area contributed by atoms with E-state index in [1.165, 1.54) is 4.90 Å². The lowest BCUT2D eigenvalue weighted by Gasteiger charge is -2.31. The number of halogens is 2. The molecule has 0 aliphatic carbocycles. The summed E-state index contributed by atoms with van der Waals surface area (Å²) >= 11 is 0. The Kier molecular flexibility index (Phi) is 5.69. The van der Waals surface area contributed by atoms with Crippen molar-refractivity contribution in [2.75, 3.05) is 19.7 Å². The highest BCUT2D eigenvalue weighted by atomic mass is 19.1. The van der Waals surface area contributed by atoms with E-state index in [9.17, 15) is 18.4 Å². The van der Waals surface area contributed by atoms with Crippen LogP contribution in [-0.4, -0.2) is 36.5 Å². The van der Waals surface area contributed by atoms with Crippen LogP contribution in [-0.2, 0) is 9.53 Å². The topological polar surface area (TPSA) is 46.6 Å². The highest BCUT2D eigenvalue weighted by molar-refractivity contribution is 5.94. The van der Waals surface area contributed by atoms with Crippen molar-refractivity contribution in [3.63, 3.8) is 0 Å². The SMILES string of the molecule is CC(C)COC(=O)C1CCN(C(=O)c2cc(F)ccc2F)CC1. The van der Waals surface area contributed by atoms with Crippen LogP contribution in [0.3, 0.4) is 0 Å². The molecule has 1 aliphatic rings. The van der Waals surface area contributed by atoms with Crippen LogP contribution >= 0.6 is 0 Å². The van der Waals surface area contributed by atoms with Gasteiger partial charge < -0.3 is 9.64 Å². The number of piperidine rings is 1. The molecular weight excluding hydrogens is 304 g/mol. The predicted molar refractivity (Wildman–Crippen MR) is 80.8 cm³/mol. The number of benzene rings is 1. The molecule has 1 fully saturated rings. The molecule has 4 nitrogen and oxygen atoms in total. The van der Waals surface area contributed by atoms with E-state index in [-0.39, 0.29) is 23.4 Å². The largest absolute Gasteiger partial charge is 0.465 e. The number of nitrogens with zero attached hydrogens (tertiary/aromatic N) is 1. The Balaban J connectivity index is 1.92. The summed E-state index contributed by atoms with van der Waals surface area (Å²) in [4.78, 5) is 25.6. The van der Waals surface area contributed by atoms with Crippen molar-refractivity contribution in [2.24, 2.45) is 11.8 Å². The number of likely N-dealkylation sites (tertiary alicyclic amines) is 1. The zero-order chi connectivity index (χ0) is 17.0. The minimum absolute atomic E-state index is 0.241. The zero-order valence-corrected chi connectivity index (χ0v) is 13.4. The van der Waals surface area contributed by atoms with Crippen LogP contribution in [0.15, 0.2) is 18.2 Å². The van der Waals surface area contributed by atoms with Crippen LogP contribution in [0.25, 0.3) is 0 Å². The third kappa shape index (κ3) is 4.50. The number of esters is 1. The van der Waals surface area contributed by atoms with Crippen molar-refractivity contribution in [1.82, 2.24) is 4.90 Å². The van der Waals surface area contributed by atoms with Gasteiger partial charge in [0.05, 0.1) is 18.1 Å². The van der Waals surface area contributed by atoms with Crippen LogP contribution in [0.5, 0.6) is 0 Å². The molecule has 23 heavy (non-hydrogen) atoms. The maximum Gasteiger partial charge on any atom is 0.309 e. The lowest BCUT2D eigenvalue weighted by atomic mass is 9.96. The molecule has 0 bridgehead atoms. The van der Waals surface area contributed by atoms with E-state index in [2.05, 4.69) is 0 Å². The standard InChI is InChI=1S/C17H21F2NO3/c1-11(2)10-23-17(22)12-5-7-20(8-6-12)16(21)14-9-13(18)3-4-15(14)19/h3-4,9,11-12H,5-8,10H2,1-2H3. The normalized spacial score (nSPS) is 15.8. The first-order valence-corrected chi connectivity index (χ1v) is 7.79. The van der Waals surface area contributed by atoms with E-state index < -0.39 is 17.5 Å². The van der Waals surface area contributed by atoms with Gasteiger partial charge in [-0.2, -0.15) is 0 Å². The maximum absolute atomic E-state index is 13.7. The molecule has 1 heterocycles. The molecule has 0 N–H and O–H groups in total. The summed E-state index contributed by atoms with van der Waals surface area (Å²) in [5.74, 6) is -2.15. The van der Waals surface area contributed by atoms with Gasteiger partial charge in [-0.05, 0) is 37.0 Å². The molecule has 1 saturated heterocycles. The van der Waals surface area contributed by atoms with E-state index in [1.807, 2.05) is 13.8 Å². The average molecular weight is 325 g/mol. The molecule has 0 unspecified atom stereocenters. The molecule has 126 valence electrons. The Morgan fingerprint density at radius 2 is 1.91 bits per heavy atom. The smallest absolute Gasteiger partial charge is 0.309 e. The Morgan fingerprint density at radius 1 is 1.26 bits per heavy atom. The summed E-state index contributed by atoms with van der Waals surface area (Å²) in [6.07, 6.45) is 0.944. The molecule has 0 radical (unpaired) electrons. The van der Waals surface area contributed by atoms with E-state index >= 15 is 0 Å². The minimum atomic E-state index is -0.741. The molecule has 1 aromatic carbocycles. The first-order valence-electron chi connectivity index (χ1n) is 7.79. The molecule has 0 spiro atoms. The number of carbonyl (C=O) groups is 2. The molecule has 1 aromatic rings. The summed E-state index contributed by atoms with van der Waals surface area (Å²) in [7, 11) is 0. The van der Waals surface area contributed by atoms with E-state index in [4.69, 9.17) is 4.74 Å². The monoisotopic (exact) mass is 325 g/mol. The Bertz CT molecular complexity index is 581. The first-order chi connectivity index (χ1) is 10.9. The molecule has 6 heteroatoms. The van der Waals surface area contributed by atoms with Crippen LogP contribution < -0.4 is 0 Å². The van der Waals surface area contributed by atoms with Gasteiger partial charge >= 0.3 is 5.97 Å². The van der Waals surface area contributed by atoms with Gasteiger partial charge in [0.15, 0.2) is 0 Å². The van der Waals surface area contributed by atoms with E-state index in [0.29, 0.717) is 32.5 Å². The van der Waals surface area contributed by atoms with Crippen LogP contribution in [0.2, 0.25) is 0 Å². The van der Waals surface area contributed by atoms with Crippen molar-refractivity contribution in [2.45, 2.75) is 26.7 Å². The molecule has 0 aromatic heterocycles. The van der Waals surface area contributed by atoms with Crippen molar-refractivity contribution in [3.8, 4) is 0 Å². The van der Waals surface area contributed by atoms with Gasteiger partial charge in [0.25, 0.3) is 5.91 Å². The number of amides is 1. The Hall–Kier alpha value is -1.98. The summed E-state index contributed by atoms with van der Waals surface area (Å²) < 4.78 is 32.1. The Labute approximate surface area is 134 Å². The second-order valence-electron chi connectivity index (χ2n) is 6.21. The van der Waals surface area contributed by atoms with Gasteiger partial charge in [-0.25, -0.2) is 8.78 Å².